The van der Waals surface area contributed by atoms with E-state index >= 15 is 0 Å². The smallest absolute Gasteiger partial charge is 0.246 e. The number of nitrogens with zero attached hydrogens (tertiary/aromatic N) is 4. The number of hydrogen-bond donors (Lipinski definition) is 2. The Morgan fingerprint density at radius 1 is 1.09 bits per heavy atom. The van der Waals surface area contributed by atoms with Crippen molar-refractivity contribution >= 4 is 23.4 Å². The van der Waals surface area contributed by atoms with Crippen molar-refractivity contribution in [3.63, 3.8) is 0 Å². The van der Waals surface area contributed by atoms with Crippen LogP contribution < -0.4 is 20.3 Å². The van der Waals surface area contributed by atoms with Gasteiger partial charge in [-0.3, -0.25) is 9.69 Å². The van der Waals surface area contributed by atoms with Gasteiger partial charge < -0.3 is 20.3 Å². The molecular formula is C27H36N6O2. The van der Waals surface area contributed by atoms with Crippen LogP contribution in [0.15, 0.2) is 30.5 Å². The van der Waals surface area contributed by atoms with Crippen LogP contribution in [0.2, 0.25) is 0 Å². The van der Waals surface area contributed by atoms with Gasteiger partial charge in [0.2, 0.25) is 11.9 Å². The van der Waals surface area contributed by atoms with E-state index in [2.05, 4.69) is 25.4 Å². The van der Waals surface area contributed by atoms with Crippen molar-refractivity contribution in [3.8, 4) is 5.75 Å². The molecular weight excluding hydrogens is 440 g/mol. The monoisotopic (exact) mass is 476 g/mol. The third-order valence-electron chi connectivity index (χ3n) is 8.19. The third-order valence-corrected chi connectivity index (χ3v) is 8.19. The Labute approximate surface area is 207 Å². The van der Waals surface area contributed by atoms with Gasteiger partial charge >= 0.3 is 0 Å². The number of aromatic nitrogens is 2. The minimum atomic E-state index is -0.488. The molecule has 1 aliphatic carbocycles. The second-order valence-electron chi connectivity index (χ2n) is 10.5. The Balaban J connectivity index is 1.13. The number of anilines is 3. The number of amides is 1. The van der Waals surface area contributed by atoms with Crippen LogP contribution in [-0.4, -0.2) is 65.1 Å². The van der Waals surface area contributed by atoms with Gasteiger partial charge in [0, 0.05) is 43.0 Å². The van der Waals surface area contributed by atoms with Crippen molar-refractivity contribution in [1.29, 1.82) is 0 Å². The lowest BCUT2D eigenvalue weighted by Crippen LogP contribution is -2.56. The van der Waals surface area contributed by atoms with Gasteiger partial charge in [-0.05, 0) is 69.5 Å². The topological polar surface area (TPSA) is 82.6 Å². The Morgan fingerprint density at radius 2 is 1.89 bits per heavy atom. The average molecular weight is 477 g/mol. The van der Waals surface area contributed by atoms with Gasteiger partial charge in [-0.2, -0.15) is 4.98 Å². The second kappa shape index (κ2) is 9.64. The van der Waals surface area contributed by atoms with Crippen molar-refractivity contribution in [2.75, 3.05) is 43.0 Å². The molecule has 8 heteroatoms. The molecule has 0 radical (unpaired) electrons. The summed E-state index contributed by atoms with van der Waals surface area (Å²) in [5.41, 5.74) is 1.52. The molecule has 2 aromatic rings. The number of likely N-dealkylation sites (tertiary alicyclic amines) is 1. The Morgan fingerprint density at radius 3 is 2.63 bits per heavy atom. The quantitative estimate of drug-likeness (QED) is 0.631. The summed E-state index contributed by atoms with van der Waals surface area (Å²) in [6.07, 6.45) is 12.1. The fourth-order valence-corrected chi connectivity index (χ4v) is 6.38. The van der Waals surface area contributed by atoms with E-state index in [1.165, 1.54) is 45.2 Å². The second-order valence-corrected chi connectivity index (χ2v) is 10.5. The highest BCUT2D eigenvalue weighted by Crippen LogP contribution is 2.46. The standard InChI is InChI=1S/C27H36N6O2/c34-25-27(12-13-28-25)18-20-19-29-26(31-24(20)33(27)22-6-2-3-7-22)30-21-8-10-23(11-9-21)35-17-16-32-14-4-1-5-15-32/h8-11,19,22H,1-7,12-18H2,(H,28,34)(H,29,30,31). The molecule has 8 nitrogen and oxygen atoms in total. The van der Waals surface area contributed by atoms with E-state index in [-0.39, 0.29) is 5.91 Å². The first-order chi connectivity index (χ1) is 17.2. The maximum absolute atomic E-state index is 13.0. The van der Waals surface area contributed by atoms with Gasteiger partial charge in [0.25, 0.3) is 0 Å². The van der Waals surface area contributed by atoms with E-state index in [0.717, 1.165) is 55.2 Å². The van der Waals surface area contributed by atoms with Crippen LogP contribution in [0.1, 0.15) is 56.9 Å². The molecule has 1 amide bonds. The fraction of sp³-hybridized carbons (Fsp3) is 0.593. The number of rotatable bonds is 7. The Hall–Kier alpha value is -2.87. The lowest BCUT2D eigenvalue weighted by molar-refractivity contribution is -0.123. The summed E-state index contributed by atoms with van der Waals surface area (Å²) in [5, 5.41) is 6.43. The number of benzene rings is 1. The third kappa shape index (κ3) is 4.44. The summed E-state index contributed by atoms with van der Waals surface area (Å²) in [4.78, 5) is 27.3. The van der Waals surface area contributed by atoms with Gasteiger partial charge in [-0.15, -0.1) is 0 Å². The molecule has 2 saturated heterocycles. The molecule has 35 heavy (non-hydrogen) atoms. The maximum atomic E-state index is 13.0. The number of fused-ring (bicyclic) bond motifs is 1. The molecule has 3 aliphatic heterocycles. The van der Waals surface area contributed by atoms with E-state index < -0.39 is 5.54 Å². The first-order valence-electron chi connectivity index (χ1n) is 13.4. The van der Waals surface area contributed by atoms with Crippen LogP contribution in [0.25, 0.3) is 0 Å². The number of hydrogen-bond acceptors (Lipinski definition) is 7. The van der Waals surface area contributed by atoms with Crippen LogP contribution in [0, 0.1) is 0 Å². The summed E-state index contributed by atoms with van der Waals surface area (Å²) in [6.45, 7) is 4.82. The van der Waals surface area contributed by atoms with Crippen LogP contribution in [-0.2, 0) is 11.2 Å². The van der Waals surface area contributed by atoms with E-state index in [0.29, 0.717) is 25.0 Å². The van der Waals surface area contributed by atoms with E-state index in [1.807, 2.05) is 30.5 Å². The van der Waals surface area contributed by atoms with Crippen LogP contribution in [0.5, 0.6) is 5.75 Å². The molecule has 1 unspecified atom stereocenters. The summed E-state index contributed by atoms with van der Waals surface area (Å²) in [6, 6.07) is 8.38. The summed E-state index contributed by atoms with van der Waals surface area (Å²) < 4.78 is 5.96. The largest absolute Gasteiger partial charge is 0.492 e. The first kappa shape index (κ1) is 22.6. The van der Waals surface area contributed by atoms with Crippen molar-refractivity contribution in [1.82, 2.24) is 20.2 Å². The molecule has 6 rings (SSSR count). The van der Waals surface area contributed by atoms with Gasteiger partial charge in [0.05, 0.1) is 0 Å². The molecule has 2 N–H and O–H groups in total. The summed E-state index contributed by atoms with van der Waals surface area (Å²) >= 11 is 0. The van der Waals surface area contributed by atoms with Crippen molar-refractivity contribution in [3.05, 3.63) is 36.0 Å². The zero-order valence-electron chi connectivity index (χ0n) is 20.5. The minimum Gasteiger partial charge on any atom is -0.492 e. The lowest BCUT2D eigenvalue weighted by atomic mass is 9.91. The summed E-state index contributed by atoms with van der Waals surface area (Å²) in [7, 11) is 0. The maximum Gasteiger partial charge on any atom is 0.246 e. The SMILES string of the molecule is O=C1NCCC12Cc1cnc(Nc3ccc(OCCN4CCCCC4)cc3)nc1N2C1CCCC1. The first-order valence-corrected chi connectivity index (χ1v) is 13.4. The van der Waals surface area contributed by atoms with E-state index in [9.17, 15) is 4.79 Å². The highest BCUT2D eigenvalue weighted by Gasteiger charge is 2.55. The predicted molar refractivity (Wildman–Crippen MR) is 136 cm³/mol. The van der Waals surface area contributed by atoms with E-state index in [4.69, 9.17) is 9.72 Å². The number of nitrogens with one attached hydrogen (secondary N) is 2. The van der Waals surface area contributed by atoms with Crippen molar-refractivity contribution < 1.29 is 9.53 Å². The Bertz CT molecular complexity index is 1050. The van der Waals surface area contributed by atoms with Crippen LogP contribution in [0.3, 0.4) is 0 Å². The zero-order valence-corrected chi connectivity index (χ0v) is 20.5. The molecule has 1 spiro atoms. The molecule has 0 bridgehead atoms. The van der Waals surface area contributed by atoms with Crippen LogP contribution in [0.4, 0.5) is 17.5 Å². The van der Waals surface area contributed by atoms with Crippen molar-refractivity contribution in [2.24, 2.45) is 0 Å². The predicted octanol–water partition coefficient (Wildman–Crippen LogP) is 3.65. The lowest BCUT2D eigenvalue weighted by Gasteiger charge is -2.38. The number of carbonyl (C=O) groups excluding carboxylic acids is 1. The van der Waals surface area contributed by atoms with Gasteiger partial charge in [0.1, 0.15) is 23.7 Å². The van der Waals surface area contributed by atoms with Gasteiger partial charge in [0.15, 0.2) is 0 Å². The average Bonchev–Trinajstić information content (AvgIpc) is 3.60. The summed E-state index contributed by atoms with van der Waals surface area (Å²) in [5.74, 6) is 2.53. The Kier molecular flexibility index (Phi) is 6.22. The molecule has 1 aromatic heterocycles. The molecule has 4 aliphatic rings. The minimum absolute atomic E-state index is 0.146. The normalized spacial score (nSPS) is 24.7. The molecule has 186 valence electrons. The number of carbonyl (C=O) groups is 1. The molecule has 1 aromatic carbocycles. The van der Waals surface area contributed by atoms with Gasteiger partial charge in [-0.25, -0.2) is 4.98 Å². The van der Waals surface area contributed by atoms with Crippen LogP contribution >= 0.6 is 0 Å². The highest BCUT2D eigenvalue weighted by molar-refractivity contribution is 5.94. The zero-order chi connectivity index (χ0) is 23.7. The number of ether oxygens (including phenoxy) is 1. The molecule has 4 heterocycles. The molecule has 3 fully saturated rings. The van der Waals surface area contributed by atoms with Gasteiger partial charge in [-0.1, -0.05) is 19.3 Å². The van der Waals surface area contributed by atoms with Crippen molar-refractivity contribution in [2.45, 2.75) is 69.4 Å². The molecule has 1 saturated carbocycles. The van der Waals surface area contributed by atoms with E-state index in [1.54, 1.807) is 0 Å². The highest BCUT2D eigenvalue weighted by atomic mass is 16.5. The molecule has 1 atom stereocenters. The fourth-order valence-electron chi connectivity index (χ4n) is 6.38. The number of piperidine rings is 1.